The van der Waals surface area contributed by atoms with Crippen LogP contribution in [0.15, 0.2) is 124 Å². The zero-order chi connectivity index (χ0) is 43.5. The number of rotatable bonds is 18. The Morgan fingerprint density at radius 3 is 1.67 bits per heavy atom. The Morgan fingerprint density at radius 2 is 1.14 bits per heavy atom. The Balaban J connectivity index is 0.00000436. The molecule has 327 valence electrons. The largest absolute Gasteiger partial charge is 2.00 e. The predicted octanol–water partition coefficient (Wildman–Crippen LogP) is 4.56. The molecule has 0 unspecified atom stereocenters. The number of thiol groups is 2. The first-order valence-corrected chi connectivity index (χ1v) is 20.3. The number of hydrogen-bond acceptors (Lipinski definition) is 13. The number of amides is 2. The number of nitrogens with zero attached hydrogens (tertiary/aromatic N) is 3. The van der Waals surface area contributed by atoms with Crippen molar-refractivity contribution in [3.63, 3.8) is 0 Å². The molecular weight excluding hydrogens is 1020 g/mol. The molecule has 19 heteroatoms. The number of hydrazone groups is 2. The van der Waals surface area contributed by atoms with E-state index in [2.05, 4.69) is 56.9 Å². The van der Waals surface area contributed by atoms with E-state index in [0.29, 0.717) is 59.2 Å². The van der Waals surface area contributed by atoms with Gasteiger partial charge in [0.25, 0.3) is 0 Å². The number of anilines is 2. The maximum absolute atomic E-state index is 13.2. The molecule has 6 N–H and O–H groups in total. The average molecular weight is 1060 g/mol. The maximum atomic E-state index is 13.2. The fourth-order valence-electron chi connectivity index (χ4n) is 6.63. The number of nitrogens with one attached hydrogen (secondary N) is 4. The molecule has 4 aromatic carbocycles. The number of aliphatic carboxylic acids is 2. The van der Waals surface area contributed by atoms with Gasteiger partial charge in [-0.3, -0.25) is 34.9 Å². The Morgan fingerprint density at radius 1 is 0.619 bits per heavy atom. The summed E-state index contributed by atoms with van der Waals surface area (Å²) >= 11 is 8.42. The van der Waals surface area contributed by atoms with Crippen LogP contribution in [0.4, 0.5) is 11.4 Å². The molecule has 0 heterocycles. The summed E-state index contributed by atoms with van der Waals surface area (Å²) in [4.78, 5) is 76.6. The van der Waals surface area contributed by atoms with Crippen LogP contribution in [0.2, 0.25) is 0 Å². The van der Waals surface area contributed by atoms with E-state index < -0.39 is 29.1 Å². The molecule has 6 rings (SSSR count). The van der Waals surface area contributed by atoms with Crippen LogP contribution < -0.4 is 21.5 Å². The van der Waals surface area contributed by atoms with E-state index in [4.69, 9.17) is 0 Å². The summed E-state index contributed by atoms with van der Waals surface area (Å²) in [6.07, 6.45) is 2.59. The third-order valence-electron chi connectivity index (χ3n) is 9.67. The van der Waals surface area contributed by atoms with Gasteiger partial charge < -0.3 is 26.3 Å². The summed E-state index contributed by atoms with van der Waals surface area (Å²) in [6.45, 7) is 1.51. The van der Waals surface area contributed by atoms with Crippen molar-refractivity contribution in [2.75, 3.05) is 48.5 Å². The molecule has 0 saturated heterocycles. The van der Waals surface area contributed by atoms with Crippen molar-refractivity contribution in [3.05, 3.63) is 142 Å². The third kappa shape index (κ3) is 12.5. The van der Waals surface area contributed by atoms with Crippen molar-refractivity contribution in [2.24, 2.45) is 10.2 Å². The molecule has 2 amide bonds. The van der Waals surface area contributed by atoms with Gasteiger partial charge in [0.2, 0.25) is 23.4 Å². The molecule has 0 spiro atoms. The van der Waals surface area contributed by atoms with E-state index in [-0.39, 0.29) is 85.3 Å². The van der Waals surface area contributed by atoms with E-state index in [9.17, 15) is 39.0 Å². The van der Waals surface area contributed by atoms with Crippen LogP contribution in [0, 0.1) is 0 Å². The normalized spacial score (nSPS) is 14.0. The monoisotopic (exact) mass is 1060 g/mol. The number of allylic oxidation sites excluding steroid dienone is 2. The van der Waals surface area contributed by atoms with Crippen LogP contribution in [-0.2, 0) is 51.6 Å². The molecule has 2 aliphatic carbocycles. The van der Waals surface area contributed by atoms with Gasteiger partial charge in [-0.15, -0.1) is 0 Å². The van der Waals surface area contributed by atoms with Crippen molar-refractivity contribution in [3.8, 4) is 11.1 Å². The number of hydrogen-bond donors (Lipinski definition) is 8. The minimum atomic E-state index is -1.37. The number of carboxylic acid groups (broad SMARTS) is 2. The van der Waals surface area contributed by atoms with E-state index in [1.165, 1.54) is 12.2 Å². The predicted molar refractivity (Wildman–Crippen MR) is 239 cm³/mol. The van der Waals surface area contributed by atoms with Crippen LogP contribution in [0.25, 0.3) is 11.1 Å². The number of benzene rings is 4. The summed E-state index contributed by atoms with van der Waals surface area (Å²) in [5.41, 5.74) is 10.4. The van der Waals surface area contributed by atoms with E-state index in [1.807, 2.05) is 23.1 Å². The SMILES string of the molecule is O=C(CCN(CCS)CC(=O)NCCS)NCc1cc(N/N=C2/C=C(C(=O)O)C(=O)c3ccccc32)ccc1-c1ccc(N/N=C2\C=C(C(=O)O)C(=O)c3ccccc32)cc1.[O-2].[Re]. The first-order chi connectivity index (χ1) is 29.5. The minimum absolute atomic E-state index is 0. The second-order valence-electron chi connectivity index (χ2n) is 13.7. The summed E-state index contributed by atoms with van der Waals surface area (Å²) in [5.74, 6) is -3.32. The molecule has 0 atom stereocenters. The molecule has 0 saturated carbocycles. The second-order valence-corrected chi connectivity index (χ2v) is 14.6. The molecule has 0 fully saturated rings. The Kier molecular flexibility index (Phi) is 18.3. The van der Waals surface area contributed by atoms with Gasteiger partial charge in [-0.2, -0.15) is 35.5 Å². The Labute approximate surface area is 386 Å². The van der Waals surface area contributed by atoms with E-state index in [0.717, 1.165) is 11.1 Å². The standard InChI is InChI=1S/C44H41N7O8S2.O.Re/c52-39(15-17-51(18-20-61)25-40(53)45-16-19-60)46-24-27-21-29(48-50-38-23-36(44(58)59)42(55)34-8-4-2-6-32(34)38)13-14-30(27)26-9-11-28(12-10-26)47-49-37-22-35(43(56)57)41(54)33-7-3-1-5-31(33)37;;/h1-14,21-23,47-48,60-61H,15-20,24-25H2,(H,45,53)(H,46,52)(H,56,57)(H,58,59);;/q;-2;/b49-37+,50-38-;;. The quantitative estimate of drug-likeness (QED) is 0.0390. The molecule has 0 aromatic heterocycles. The second kappa shape index (κ2) is 23.3. The van der Waals surface area contributed by atoms with Crippen molar-refractivity contribution < 1.29 is 64.9 Å². The Bertz CT molecular complexity index is 2530. The number of carbonyl (C=O) groups is 6. The zero-order valence-corrected chi connectivity index (χ0v) is 37.8. The summed E-state index contributed by atoms with van der Waals surface area (Å²) in [6, 6.07) is 25.9. The molecule has 1 radical (unpaired) electrons. The molecule has 16 nitrogen and oxygen atoms in total. The third-order valence-corrected chi connectivity index (χ3v) is 10.1. The zero-order valence-electron chi connectivity index (χ0n) is 33.3. The fourth-order valence-corrected chi connectivity index (χ4v) is 7.03. The van der Waals surface area contributed by atoms with Crippen LogP contribution in [0.5, 0.6) is 0 Å². The fraction of sp³-hybridized carbons (Fsp3) is 0.182. The minimum Gasteiger partial charge on any atom is -2.00 e. The van der Waals surface area contributed by atoms with Crippen LogP contribution in [0.3, 0.4) is 0 Å². The van der Waals surface area contributed by atoms with E-state index in [1.54, 1.807) is 72.8 Å². The van der Waals surface area contributed by atoms with Crippen molar-refractivity contribution in [2.45, 2.75) is 13.0 Å². The molecule has 63 heavy (non-hydrogen) atoms. The van der Waals surface area contributed by atoms with Gasteiger partial charge in [0.15, 0.2) is 0 Å². The van der Waals surface area contributed by atoms with Gasteiger partial charge in [0.1, 0.15) is 11.1 Å². The molecular formula is C44H41N7O9ReS2-2. The topological polar surface area (TPSA) is 247 Å². The molecule has 4 aromatic rings. The van der Waals surface area contributed by atoms with Crippen LogP contribution in [0.1, 0.15) is 43.8 Å². The van der Waals surface area contributed by atoms with Gasteiger partial charge in [-0.1, -0.05) is 66.7 Å². The van der Waals surface area contributed by atoms with Crippen molar-refractivity contribution in [1.82, 2.24) is 15.5 Å². The number of carbonyl (C=O) groups excluding carboxylic acids is 4. The van der Waals surface area contributed by atoms with Gasteiger partial charge in [0.05, 0.1) is 29.3 Å². The summed E-state index contributed by atoms with van der Waals surface area (Å²) in [7, 11) is 0. The summed E-state index contributed by atoms with van der Waals surface area (Å²) < 4.78 is 0. The molecule has 2 aliphatic rings. The number of Topliss-reactive ketones (excluding diaryl/α,β-unsaturated/α-hetero) is 2. The molecule has 0 aliphatic heterocycles. The van der Waals surface area contributed by atoms with Gasteiger partial charge in [0, 0.05) is 86.8 Å². The van der Waals surface area contributed by atoms with Crippen LogP contribution >= 0.6 is 25.3 Å². The number of fused-ring (bicyclic) bond motifs is 2. The van der Waals surface area contributed by atoms with Crippen molar-refractivity contribution >= 4 is 83.4 Å². The van der Waals surface area contributed by atoms with Crippen molar-refractivity contribution in [1.29, 1.82) is 0 Å². The smallest absolute Gasteiger partial charge is 0.339 e. The van der Waals surface area contributed by atoms with Gasteiger partial charge in [-0.25, -0.2) is 9.59 Å². The van der Waals surface area contributed by atoms with E-state index >= 15 is 0 Å². The summed E-state index contributed by atoms with van der Waals surface area (Å²) in [5, 5.41) is 34.0. The maximum Gasteiger partial charge on any atom is 0.339 e. The molecule has 0 bridgehead atoms. The first kappa shape index (κ1) is 49.5. The first-order valence-electron chi connectivity index (χ1n) is 19.0. The van der Waals surface area contributed by atoms with Gasteiger partial charge >= 0.3 is 11.9 Å². The van der Waals surface area contributed by atoms with Crippen LogP contribution in [-0.4, -0.2) is 99.5 Å². The van der Waals surface area contributed by atoms with Gasteiger partial charge in [-0.05, 0) is 53.1 Å². The Hall–Kier alpha value is -6.20. The average Bonchev–Trinajstić information content (AvgIpc) is 3.26. The number of carboxylic acids is 2. The number of ketones is 2.